The van der Waals surface area contributed by atoms with Crippen LogP contribution < -0.4 is 0 Å². The van der Waals surface area contributed by atoms with Crippen molar-refractivity contribution in [1.82, 2.24) is 4.90 Å². The highest BCUT2D eigenvalue weighted by atomic mass is 15.1. The fourth-order valence-corrected chi connectivity index (χ4v) is 2.49. The molecule has 1 nitrogen and oxygen atoms in total. The van der Waals surface area contributed by atoms with Gasteiger partial charge in [0.25, 0.3) is 0 Å². The predicted octanol–water partition coefficient (Wildman–Crippen LogP) is 4.56. The Balaban J connectivity index is 2.49. The molecule has 1 aliphatic carbocycles. The topological polar surface area (TPSA) is 3.24 Å². The molecule has 0 spiro atoms. The van der Waals surface area contributed by atoms with Crippen molar-refractivity contribution in [2.24, 2.45) is 11.8 Å². The first-order valence-corrected chi connectivity index (χ1v) is 6.90. The van der Waals surface area contributed by atoms with Crippen molar-refractivity contribution in [3.05, 3.63) is 48.7 Å². The van der Waals surface area contributed by atoms with E-state index in [0.29, 0.717) is 11.8 Å². The Bertz CT molecular complexity index is 349. The fourth-order valence-electron chi connectivity index (χ4n) is 2.49. The summed E-state index contributed by atoms with van der Waals surface area (Å²) in [7, 11) is 0. The molecule has 0 bridgehead atoms. The van der Waals surface area contributed by atoms with Gasteiger partial charge in [-0.05, 0) is 38.5 Å². The zero-order valence-electron chi connectivity index (χ0n) is 12.2. The molecule has 1 heteroatoms. The van der Waals surface area contributed by atoms with Crippen molar-refractivity contribution in [3.63, 3.8) is 0 Å². The van der Waals surface area contributed by atoms with Crippen molar-refractivity contribution in [2.75, 3.05) is 13.1 Å². The smallest absolute Gasteiger partial charge is 0.0359 e. The van der Waals surface area contributed by atoms with Crippen LogP contribution in [-0.4, -0.2) is 18.0 Å². The second-order valence-electron chi connectivity index (χ2n) is 5.43. The van der Waals surface area contributed by atoms with Gasteiger partial charge < -0.3 is 4.90 Å². The Labute approximate surface area is 113 Å². The van der Waals surface area contributed by atoms with E-state index in [-0.39, 0.29) is 0 Å². The van der Waals surface area contributed by atoms with E-state index in [1.54, 1.807) is 5.57 Å². The normalized spacial score (nSPS) is 23.8. The molecule has 0 N–H and O–H groups in total. The fraction of sp³-hybridized carbons (Fsp3) is 0.529. The molecular formula is C17H27N. The monoisotopic (exact) mass is 245 g/mol. The second kappa shape index (κ2) is 7.25. The largest absolute Gasteiger partial charge is 0.368 e. The van der Waals surface area contributed by atoms with Crippen LogP contribution in [-0.2, 0) is 0 Å². The Morgan fingerprint density at radius 2 is 2.22 bits per heavy atom. The van der Waals surface area contributed by atoms with E-state index in [0.717, 1.165) is 18.8 Å². The summed E-state index contributed by atoms with van der Waals surface area (Å²) in [6, 6.07) is 0. The van der Waals surface area contributed by atoms with E-state index >= 15 is 0 Å². The molecule has 0 fully saturated rings. The average Bonchev–Trinajstić information content (AvgIpc) is 2.30. The lowest BCUT2D eigenvalue weighted by Crippen LogP contribution is -2.21. The van der Waals surface area contributed by atoms with Gasteiger partial charge in [-0.3, -0.25) is 0 Å². The Kier molecular flexibility index (Phi) is 5.97. The van der Waals surface area contributed by atoms with Crippen LogP contribution >= 0.6 is 0 Å². The molecule has 0 amide bonds. The highest BCUT2D eigenvalue weighted by molar-refractivity contribution is 5.10. The van der Waals surface area contributed by atoms with Gasteiger partial charge in [0.05, 0.1) is 0 Å². The molecule has 0 aliphatic heterocycles. The van der Waals surface area contributed by atoms with Gasteiger partial charge >= 0.3 is 0 Å². The predicted molar refractivity (Wildman–Crippen MR) is 81.4 cm³/mol. The highest BCUT2D eigenvalue weighted by Gasteiger charge is 2.16. The maximum Gasteiger partial charge on any atom is 0.0359 e. The molecule has 0 saturated heterocycles. The van der Waals surface area contributed by atoms with Crippen LogP contribution in [0, 0.1) is 11.8 Å². The third-order valence-corrected chi connectivity index (χ3v) is 3.69. The molecule has 0 saturated carbocycles. The van der Waals surface area contributed by atoms with Crippen LogP contribution in [0.4, 0.5) is 0 Å². The van der Waals surface area contributed by atoms with Gasteiger partial charge in [0.2, 0.25) is 0 Å². The van der Waals surface area contributed by atoms with Crippen molar-refractivity contribution < 1.29 is 0 Å². The van der Waals surface area contributed by atoms with E-state index < -0.39 is 0 Å². The van der Waals surface area contributed by atoms with Gasteiger partial charge in [-0.2, -0.15) is 0 Å². The highest BCUT2D eigenvalue weighted by Crippen LogP contribution is 2.29. The van der Waals surface area contributed by atoms with Gasteiger partial charge in [0, 0.05) is 18.8 Å². The summed E-state index contributed by atoms with van der Waals surface area (Å²) in [6.07, 6.45) is 11.5. The molecular weight excluding hydrogens is 218 g/mol. The minimum atomic E-state index is 0.674. The minimum absolute atomic E-state index is 0.674. The van der Waals surface area contributed by atoms with E-state index in [9.17, 15) is 0 Å². The molecule has 2 unspecified atom stereocenters. The zero-order chi connectivity index (χ0) is 13.5. The van der Waals surface area contributed by atoms with Crippen molar-refractivity contribution in [3.8, 4) is 0 Å². The van der Waals surface area contributed by atoms with E-state index in [2.05, 4.69) is 50.1 Å². The SMILES string of the molecule is C=CCN(C/C=C/C1CCC(C)=CC1C)C(=C)C. The molecule has 1 aliphatic rings. The van der Waals surface area contributed by atoms with Crippen molar-refractivity contribution in [2.45, 2.75) is 33.6 Å². The Morgan fingerprint density at radius 1 is 1.50 bits per heavy atom. The maximum absolute atomic E-state index is 4.00. The summed E-state index contributed by atoms with van der Waals surface area (Å²) in [5.74, 6) is 1.37. The number of rotatable bonds is 6. The average molecular weight is 245 g/mol. The molecule has 0 aromatic rings. The van der Waals surface area contributed by atoms with Crippen LogP contribution in [0.3, 0.4) is 0 Å². The summed E-state index contributed by atoms with van der Waals surface area (Å²) in [5, 5.41) is 0. The number of hydrogen-bond donors (Lipinski definition) is 0. The molecule has 18 heavy (non-hydrogen) atoms. The van der Waals surface area contributed by atoms with Crippen LogP contribution in [0.1, 0.15) is 33.6 Å². The zero-order valence-corrected chi connectivity index (χ0v) is 12.2. The van der Waals surface area contributed by atoms with E-state index in [4.69, 9.17) is 0 Å². The van der Waals surface area contributed by atoms with Crippen molar-refractivity contribution >= 4 is 0 Å². The van der Waals surface area contributed by atoms with Crippen molar-refractivity contribution in [1.29, 1.82) is 0 Å². The first-order valence-electron chi connectivity index (χ1n) is 6.90. The minimum Gasteiger partial charge on any atom is -0.368 e. The van der Waals surface area contributed by atoms with Gasteiger partial charge in [0.1, 0.15) is 0 Å². The summed E-state index contributed by atoms with van der Waals surface area (Å²) < 4.78 is 0. The van der Waals surface area contributed by atoms with Crippen LogP contribution in [0.25, 0.3) is 0 Å². The van der Waals surface area contributed by atoms with Gasteiger partial charge in [-0.1, -0.05) is 43.4 Å². The molecule has 1 rings (SSSR count). The molecule has 0 heterocycles. The Morgan fingerprint density at radius 3 is 2.78 bits per heavy atom. The summed E-state index contributed by atoms with van der Waals surface area (Å²) in [4.78, 5) is 2.23. The molecule has 100 valence electrons. The first kappa shape index (κ1) is 14.8. The lowest BCUT2D eigenvalue weighted by molar-refractivity contribution is 0.416. The third-order valence-electron chi connectivity index (χ3n) is 3.69. The van der Waals surface area contributed by atoms with Gasteiger partial charge in [-0.25, -0.2) is 0 Å². The van der Waals surface area contributed by atoms with Gasteiger partial charge in [-0.15, -0.1) is 6.58 Å². The van der Waals surface area contributed by atoms with Gasteiger partial charge in [0.15, 0.2) is 0 Å². The molecule has 2 atom stereocenters. The summed E-state index contributed by atoms with van der Waals surface area (Å²) in [6.45, 7) is 16.2. The Hall–Kier alpha value is -1.24. The number of allylic oxidation sites excluding steroid dienone is 4. The number of nitrogens with zero attached hydrogens (tertiary/aromatic N) is 1. The van der Waals surface area contributed by atoms with Crippen LogP contribution in [0.2, 0.25) is 0 Å². The lowest BCUT2D eigenvalue weighted by Gasteiger charge is -2.25. The second-order valence-corrected chi connectivity index (χ2v) is 5.43. The van der Waals surface area contributed by atoms with Crippen LogP contribution in [0.15, 0.2) is 48.7 Å². The molecule has 0 radical (unpaired) electrons. The summed E-state index contributed by atoms with van der Waals surface area (Å²) >= 11 is 0. The van der Waals surface area contributed by atoms with E-state index in [1.165, 1.54) is 12.8 Å². The number of hydrogen-bond acceptors (Lipinski definition) is 1. The lowest BCUT2D eigenvalue weighted by atomic mass is 9.82. The first-order chi connectivity index (χ1) is 8.54. The molecule has 0 aromatic carbocycles. The maximum atomic E-state index is 4.00. The third kappa shape index (κ3) is 4.56. The van der Waals surface area contributed by atoms with Crippen LogP contribution in [0.5, 0.6) is 0 Å². The summed E-state index contributed by atoms with van der Waals surface area (Å²) in [5.41, 5.74) is 2.65. The van der Waals surface area contributed by atoms with E-state index in [1.807, 2.05) is 13.0 Å². The standard InChI is InChI=1S/C17H27N/c1-6-11-18(14(2)3)12-7-8-17-10-9-15(4)13-16(17)5/h6-8,13,16-17H,1-2,9-12H2,3-5H3/b8-7+. The molecule has 0 aromatic heterocycles. The quantitative estimate of drug-likeness (QED) is 0.620.